The van der Waals surface area contributed by atoms with Gasteiger partial charge in [0.2, 0.25) is 10.0 Å². The third-order valence-electron chi connectivity index (χ3n) is 4.50. The Labute approximate surface area is 140 Å². The van der Waals surface area contributed by atoms with Crippen LogP contribution in [-0.2, 0) is 10.0 Å². The molecule has 0 amide bonds. The van der Waals surface area contributed by atoms with E-state index in [0.29, 0.717) is 23.6 Å². The summed E-state index contributed by atoms with van der Waals surface area (Å²) in [6, 6.07) is 5.86. The van der Waals surface area contributed by atoms with Crippen molar-refractivity contribution in [2.24, 2.45) is 0 Å². The van der Waals surface area contributed by atoms with E-state index in [4.69, 9.17) is 11.6 Å². The Morgan fingerprint density at radius 2 is 1.95 bits per heavy atom. The molecular weight excluding hydrogens is 342 g/mol. The van der Waals surface area contributed by atoms with Gasteiger partial charge in [-0.05, 0) is 43.5 Å². The van der Waals surface area contributed by atoms with Crippen molar-refractivity contribution in [1.29, 1.82) is 0 Å². The van der Waals surface area contributed by atoms with Crippen LogP contribution in [-0.4, -0.2) is 47.0 Å². The summed E-state index contributed by atoms with van der Waals surface area (Å²) >= 11 is 7.60. The Balaban J connectivity index is 2.01. The van der Waals surface area contributed by atoms with Crippen molar-refractivity contribution in [3.8, 4) is 0 Å². The van der Waals surface area contributed by atoms with E-state index in [9.17, 15) is 13.5 Å². The summed E-state index contributed by atoms with van der Waals surface area (Å²) in [6.07, 6.45) is 2.11. The first kappa shape index (κ1) is 16.6. The fraction of sp³-hybridized carbons (Fsp3) is 0.600. The number of sulfonamides is 1. The Morgan fingerprint density at radius 3 is 2.50 bits per heavy atom. The summed E-state index contributed by atoms with van der Waals surface area (Å²) < 4.78 is 27.8. The number of nitrogens with zero attached hydrogens (tertiary/aromatic N) is 1. The van der Waals surface area contributed by atoms with Crippen LogP contribution in [0.3, 0.4) is 0 Å². The fourth-order valence-corrected chi connectivity index (χ4v) is 6.72. The molecule has 4 nitrogen and oxygen atoms in total. The maximum absolute atomic E-state index is 13.1. The highest BCUT2D eigenvalue weighted by Gasteiger charge is 2.55. The topological polar surface area (TPSA) is 57.6 Å². The van der Waals surface area contributed by atoms with Gasteiger partial charge in [-0.25, -0.2) is 8.42 Å². The van der Waals surface area contributed by atoms with E-state index in [1.165, 1.54) is 0 Å². The molecule has 1 aliphatic carbocycles. The molecule has 2 atom stereocenters. The SMILES string of the molecule is CC[C@@H]1CSC[C@H](C2(O)CC2)N1S(=O)(=O)c1ccc(Cl)cc1. The average Bonchev–Trinajstić information content (AvgIpc) is 3.26. The molecule has 22 heavy (non-hydrogen) atoms. The number of rotatable bonds is 4. The summed E-state index contributed by atoms with van der Waals surface area (Å²) in [7, 11) is -3.63. The molecule has 0 radical (unpaired) electrons. The molecular formula is C15H20ClNO3S2. The van der Waals surface area contributed by atoms with Crippen LogP contribution in [0.1, 0.15) is 26.2 Å². The molecule has 0 bridgehead atoms. The zero-order valence-electron chi connectivity index (χ0n) is 12.4. The minimum absolute atomic E-state index is 0.0750. The monoisotopic (exact) mass is 361 g/mol. The van der Waals surface area contributed by atoms with Gasteiger partial charge in [0.25, 0.3) is 0 Å². The van der Waals surface area contributed by atoms with Gasteiger partial charge in [-0.15, -0.1) is 0 Å². The third-order valence-corrected chi connectivity index (χ3v) is 7.90. The van der Waals surface area contributed by atoms with Crippen LogP contribution in [0, 0.1) is 0 Å². The largest absolute Gasteiger partial charge is 0.388 e. The van der Waals surface area contributed by atoms with Gasteiger partial charge in [-0.2, -0.15) is 16.1 Å². The van der Waals surface area contributed by atoms with E-state index in [1.807, 2.05) is 6.92 Å². The Morgan fingerprint density at radius 1 is 1.32 bits per heavy atom. The van der Waals surface area contributed by atoms with Crippen molar-refractivity contribution in [3.05, 3.63) is 29.3 Å². The Kier molecular flexibility index (Phi) is 4.51. The average molecular weight is 362 g/mol. The van der Waals surface area contributed by atoms with E-state index in [0.717, 1.165) is 12.2 Å². The molecule has 1 aromatic carbocycles. The summed E-state index contributed by atoms with van der Waals surface area (Å²) in [6.45, 7) is 1.99. The van der Waals surface area contributed by atoms with Crippen LogP contribution in [0.2, 0.25) is 5.02 Å². The predicted octanol–water partition coefficient (Wildman–Crippen LogP) is 2.75. The second kappa shape index (κ2) is 5.98. The number of halogens is 1. The molecule has 1 saturated heterocycles. The molecule has 7 heteroatoms. The van der Waals surface area contributed by atoms with Crippen LogP contribution in [0.4, 0.5) is 0 Å². The van der Waals surface area contributed by atoms with E-state index >= 15 is 0 Å². The second-order valence-corrected chi connectivity index (χ2v) is 9.36. The fourth-order valence-electron chi connectivity index (χ4n) is 2.96. The summed E-state index contributed by atoms with van der Waals surface area (Å²) in [4.78, 5) is 0.247. The van der Waals surface area contributed by atoms with Crippen molar-refractivity contribution in [2.45, 2.75) is 48.8 Å². The van der Waals surface area contributed by atoms with Crippen LogP contribution in [0.25, 0.3) is 0 Å². The Bertz CT molecular complexity index is 643. The Hall–Kier alpha value is -0.270. The lowest BCUT2D eigenvalue weighted by Crippen LogP contribution is -2.57. The van der Waals surface area contributed by atoms with Crippen LogP contribution in [0.5, 0.6) is 0 Å². The van der Waals surface area contributed by atoms with Gasteiger partial charge in [0.05, 0.1) is 16.5 Å². The van der Waals surface area contributed by atoms with Gasteiger partial charge in [-0.1, -0.05) is 18.5 Å². The first-order valence-electron chi connectivity index (χ1n) is 7.48. The normalized spacial score (nSPS) is 28.5. The van der Waals surface area contributed by atoms with Crippen LogP contribution < -0.4 is 0 Å². The zero-order chi connectivity index (χ0) is 16.0. The lowest BCUT2D eigenvalue weighted by molar-refractivity contribution is 0.0624. The number of hydrogen-bond donors (Lipinski definition) is 1. The molecule has 1 heterocycles. The lowest BCUT2D eigenvalue weighted by Gasteiger charge is -2.42. The maximum Gasteiger partial charge on any atom is 0.243 e. The molecule has 1 aromatic rings. The predicted molar refractivity (Wildman–Crippen MR) is 89.9 cm³/mol. The highest BCUT2D eigenvalue weighted by molar-refractivity contribution is 7.99. The molecule has 122 valence electrons. The van der Waals surface area contributed by atoms with Gasteiger partial charge in [0, 0.05) is 22.6 Å². The van der Waals surface area contributed by atoms with Gasteiger partial charge in [0.15, 0.2) is 0 Å². The molecule has 1 aliphatic heterocycles. The minimum Gasteiger partial charge on any atom is -0.388 e. The maximum atomic E-state index is 13.1. The smallest absolute Gasteiger partial charge is 0.243 e. The molecule has 3 rings (SSSR count). The molecule has 1 N–H and O–H groups in total. The molecule has 1 saturated carbocycles. The molecule has 2 fully saturated rings. The molecule has 0 unspecified atom stereocenters. The van der Waals surface area contributed by atoms with Crippen molar-refractivity contribution in [2.75, 3.05) is 11.5 Å². The first-order valence-corrected chi connectivity index (χ1v) is 10.4. The van der Waals surface area contributed by atoms with E-state index in [-0.39, 0.29) is 17.0 Å². The van der Waals surface area contributed by atoms with E-state index < -0.39 is 15.6 Å². The second-order valence-electron chi connectivity index (χ2n) is 6.01. The van der Waals surface area contributed by atoms with Crippen molar-refractivity contribution >= 4 is 33.4 Å². The summed E-state index contributed by atoms with van der Waals surface area (Å²) in [5.74, 6) is 1.43. The van der Waals surface area contributed by atoms with Crippen LogP contribution in [0.15, 0.2) is 29.2 Å². The molecule has 0 spiro atoms. The van der Waals surface area contributed by atoms with Gasteiger partial charge < -0.3 is 5.11 Å². The number of aliphatic hydroxyl groups is 1. The van der Waals surface area contributed by atoms with Crippen LogP contribution >= 0.6 is 23.4 Å². The van der Waals surface area contributed by atoms with Crippen molar-refractivity contribution in [3.63, 3.8) is 0 Å². The third kappa shape index (κ3) is 2.91. The molecule has 2 aliphatic rings. The summed E-state index contributed by atoms with van der Waals surface area (Å²) in [5, 5.41) is 11.1. The summed E-state index contributed by atoms with van der Waals surface area (Å²) in [5.41, 5.74) is -0.847. The lowest BCUT2D eigenvalue weighted by atomic mass is 10.1. The van der Waals surface area contributed by atoms with Gasteiger partial charge in [-0.3, -0.25) is 0 Å². The van der Waals surface area contributed by atoms with E-state index in [2.05, 4.69) is 0 Å². The number of thioether (sulfide) groups is 1. The number of hydrogen-bond acceptors (Lipinski definition) is 4. The standard InChI is InChI=1S/C15H20ClNO3S2/c1-2-12-9-21-10-14(15(18)7-8-15)17(12)22(19,20)13-5-3-11(16)4-6-13/h3-6,12,14,18H,2,7-10H2,1H3/t12-,14-/m1/s1. The zero-order valence-corrected chi connectivity index (χ0v) is 14.8. The van der Waals surface area contributed by atoms with E-state index in [1.54, 1.807) is 40.3 Å². The highest BCUT2D eigenvalue weighted by Crippen LogP contribution is 2.46. The van der Waals surface area contributed by atoms with Crippen molar-refractivity contribution < 1.29 is 13.5 Å². The number of benzene rings is 1. The minimum atomic E-state index is -3.63. The molecule has 0 aromatic heterocycles. The van der Waals surface area contributed by atoms with Gasteiger partial charge in [0.1, 0.15) is 0 Å². The van der Waals surface area contributed by atoms with Gasteiger partial charge >= 0.3 is 0 Å². The van der Waals surface area contributed by atoms with Crippen molar-refractivity contribution in [1.82, 2.24) is 4.31 Å². The first-order chi connectivity index (χ1) is 10.4. The highest BCUT2D eigenvalue weighted by atomic mass is 35.5. The quantitative estimate of drug-likeness (QED) is 0.895.